The number of pyridine rings is 1. The fraction of sp³-hybridized carbons (Fsp3) is 0.400. The Balaban J connectivity index is 1.93. The molecule has 0 unspecified atom stereocenters. The minimum atomic E-state index is -0.126. The molecule has 0 radical (unpaired) electrons. The minimum Gasteiger partial charge on any atom is -0.348 e. The second-order valence-electron chi connectivity index (χ2n) is 3.76. The maximum absolute atomic E-state index is 11.6. The molecule has 3 N–H and O–H groups in total. The van der Waals surface area contributed by atoms with E-state index in [1.807, 2.05) is 0 Å². The molecular formula is C10H12BrN3O. The van der Waals surface area contributed by atoms with Crippen molar-refractivity contribution in [1.82, 2.24) is 10.3 Å². The molecule has 1 heterocycles. The first-order valence-corrected chi connectivity index (χ1v) is 5.62. The van der Waals surface area contributed by atoms with Gasteiger partial charge in [-0.1, -0.05) is 0 Å². The van der Waals surface area contributed by atoms with Crippen molar-refractivity contribution in [2.24, 2.45) is 5.73 Å². The van der Waals surface area contributed by atoms with E-state index in [9.17, 15) is 4.79 Å². The Morgan fingerprint density at radius 2 is 2.27 bits per heavy atom. The molecule has 0 atom stereocenters. The molecule has 80 valence electrons. The third-order valence-corrected chi connectivity index (χ3v) is 2.94. The number of aromatic nitrogens is 1. The minimum absolute atomic E-state index is 0.126. The fourth-order valence-corrected chi connectivity index (χ4v) is 1.78. The number of hydrogen-bond acceptors (Lipinski definition) is 3. The highest BCUT2D eigenvalue weighted by Gasteiger charge is 2.27. The summed E-state index contributed by atoms with van der Waals surface area (Å²) >= 11 is 3.27. The van der Waals surface area contributed by atoms with E-state index in [1.165, 1.54) is 0 Å². The number of carbonyl (C=O) groups is 1. The molecule has 4 nitrogen and oxygen atoms in total. The summed E-state index contributed by atoms with van der Waals surface area (Å²) in [6.07, 6.45) is 3.34. The third-order valence-electron chi connectivity index (χ3n) is 2.47. The smallest absolute Gasteiger partial charge is 0.270 e. The summed E-state index contributed by atoms with van der Waals surface area (Å²) < 4.78 is 0.865. The Hall–Kier alpha value is -0.940. The summed E-state index contributed by atoms with van der Waals surface area (Å²) in [5.74, 6) is -0.126. The third kappa shape index (κ3) is 2.54. The highest BCUT2D eigenvalue weighted by molar-refractivity contribution is 9.10. The monoisotopic (exact) mass is 269 g/mol. The van der Waals surface area contributed by atoms with Crippen LogP contribution in [0.5, 0.6) is 0 Å². The van der Waals surface area contributed by atoms with Crippen LogP contribution in [0, 0.1) is 0 Å². The summed E-state index contributed by atoms with van der Waals surface area (Å²) in [5, 5.41) is 2.89. The Kier molecular flexibility index (Phi) is 3.02. The summed E-state index contributed by atoms with van der Waals surface area (Å²) in [4.78, 5) is 15.7. The van der Waals surface area contributed by atoms with Crippen LogP contribution in [-0.2, 0) is 0 Å². The van der Waals surface area contributed by atoms with Gasteiger partial charge in [-0.3, -0.25) is 4.79 Å². The van der Waals surface area contributed by atoms with Gasteiger partial charge in [-0.05, 0) is 40.9 Å². The lowest BCUT2D eigenvalue weighted by Crippen LogP contribution is -2.50. The molecule has 15 heavy (non-hydrogen) atoms. The Labute approximate surface area is 96.4 Å². The molecule has 1 aromatic heterocycles. The first-order chi connectivity index (χ1) is 7.15. The predicted octanol–water partition coefficient (Wildman–Crippen LogP) is 1.06. The van der Waals surface area contributed by atoms with Gasteiger partial charge in [0.25, 0.3) is 5.91 Å². The SMILES string of the molecule is NC1CC(NC(=O)c2ccc(Br)cn2)C1. The summed E-state index contributed by atoms with van der Waals surface area (Å²) in [6.45, 7) is 0. The molecule has 0 saturated heterocycles. The number of hydrogen-bond donors (Lipinski definition) is 2. The molecule has 1 aliphatic rings. The number of rotatable bonds is 2. The molecule has 2 rings (SSSR count). The number of halogens is 1. The van der Waals surface area contributed by atoms with Crippen molar-refractivity contribution in [2.45, 2.75) is 24.9 Å². The summed E-state index contributed by atoms with van der Waals surface area (Å²) in [7, 11) is 0. The van der Waals surface area contributed by atoms with Gasteiger partial charge in [-0.25, -0.2) is 4.98 Å². The lowest BCUT2D eigenvalue weighted by molar-refractivity contribution is 0.0905. The van der Waals surface area contributed by atoms with Gasteiger partial charge in [0.15, 0.2) is 0 Å². The Morgan fingerprint density at radius 3 is 2.80 bits per heavy atom. The van der Waals surface area contributed by atoms with Crippen molar-refractivity contribution >= 4 is 21.8 Å². The fourth-order valence-electron chi connectivity index (χ4n) is 1.55. The van der Waals surface area contributed by atoms with Crippen LogP contribution in [0.3, 0.4) is 0 Å². The zero-order chi connectivity index (χ0) is 10.8. The van der Waals surface area contributed by atoms with Crippen molar-refractivity contribution in [3.05, 3.63) is 28.5 Å². The number of nitrogens with zero attached hydrogens (tertiary/aromatic N) is 1. The van der Waals surface area contributed by atoms with Crippen LogP contribution >= 0.6 is 15.9 Å². The van der Waals surface area contributed by atoms with Gasteiger partial charge in [-0.15, -0.1) is 0 Å². The molecule has 1 aliphatic carbocycles. The van der Waals surface area contributed by atoms with Crippen LogP contribution in [0.1, 0.15) is 23.3 Å². The van der Waals surface area contributed by atoms with E-state index in [0.717, 1.165) is 17.3 Å². The largest absolute Gasteiger partial charge is 0.348 e. The van der Waals surface area contributed by atoms with E-state index in [1.54, 1.807) is 18.3 Å². The molecule has 0 bridgehead atoms. The summed E-state index contributed by atoms with van der Waals surface area (Å²) in [5.41, 5.74) is 6.07. The molecule has 1 amide bonds. The second kappa shape index (κ2) is 4.28. The van der Waals surface area contributed by atoms with Gasteiger partial charge < -0.3 is 11.1 Å². The van der Waals surface area contributed by atoms with E-state index in [4.69, 9.17) is 5.73 Å². The lowest BCUT2D eigenvalue weighted by atomic mass is 9.87. The average Bonchev–Trinajstić information content (AvgIpc) is 2.16. The maximum Gasteiger partial charge on any atom is 0.270 e. The van der Waals surface area contributed by atoms with Crippen LogP contribution in [0.4, 0.5) is 0 Å². The first kappa shape index (κ1) is 10.6. The second-order valence-corrected chi connectivity index (χ2v) is 4.68. The number of nitrogens with one attached hydrogen (secondary N) is 1. The maximum atomic E-state index is 11.6. The van der Waals surface area contributed by atoms with Crippen LogP contribution in [0.25, 0.3) is 0 Å². The van der Waals surface area contributed by atoms with Crippen LogP contribution in [0.15, 0.2) is 22.8 Å². The number of nitrogens with two attached hydrogens (primary N) is 1. The topological polar surface area (TPSA) is 68.0 Å². The standard InChI is InChI=1S/C10H12BrN3O/c11-6-1-2-9(13-5-6)10(15)14-8-3-7(12)4-8/h1-2,5,7-8H,3-4,12H2,(H,14,15). The van der Waals surface area contributed by atoms with E-state index in [-0.39, 0.29) is 18.0 Å². The van der Waals surface area contributed by atoms with Gasteiger partial charge in [0, 0.05) is 22.8 Å². The van der Waals surface area contributed by atoms with E-state index < -0.39 is 0 Å². The predicted molar refractivity (Wildman–Crippen MR) is 60.4 cm³/mol. The normalized spacial score (nSPS) is 24.4. The van der Waals surface area contributed by atoms with Crippen LogP contribution in [0.2, 0.25) is 0 Å². The number of carbonyl (C=O) groups excluding carboxylic acids is 1. The first-order valence-electron chi connectivity index (χ1n) is 4.83. The van der Waals surface area contributed by atoms with E-state index in [0.29, 0.717) is 5.69 Å². The average molecular weight is 270 g/mol. The van der Waals surface area contributed by atoms with Crippen molar-refractivity contribution in [1.29, 1.82) is 0 Å². The number of amides is 1. The molecule has 1 fully saturated rings. The van der Waals surface area contributed by atoms with E-state index >= 15 is 0 Å². The Morgan fingerprint density at radius 1 is 1.53 bits per heavy atom. The van der Waals surface area contributed by atoms with Crippen LogP contribution in [-0.4, -0.2) is 23.0 Å². The quantitative estimate of drug-likeness (QED) is 0.844. The molecule has 5 heteroatoms. The van der Waals surface area contributed by atoms with Crippen molar-refractivity contribution in [2.75, 3.05) is 0 Å². The van der Waals surface area contributed by atoms with Gasteiger partial charge >= 0.3 is 0 Å². The van der Waals surface area contributed by atoms with Gasteiger partial charge in [0.05, 0.1) is 0 Å². The Bertz CT molecular complexity index is 359. The highest BCUT2D eigenvalue weighted by Crippen LogP contribution is 2.17. The zero-order valence-electron chi connectivity index (χ0n) is 8.11. The molecule has 0 aromatic carbocycles. The van der Waals surface area contributed by atoms with Gasteiger partial charge in [0.1, 0.15) is 5.69 Å². The van der Waals surface area contributed by atoms with E-state index in [2.05, 4.69) is 26.2 Å². The zero-order valence-corrected chi connectivity index (χ0v) is 9.70. The molecule has 1 aromatic rings. The summed E-state index contributed by atoms with van der Waals surface area (Å²) in [6, 6.07) is 3.96. The van der Waals surface area contributed by atoms with Crippen molar-refractivity contribution < 1.29 is 4.79 Å². The molecule has 0 aliphatic heterocycles. The van der Waals surface area contributed by atoms with Gasteiger partial charge in [0.2, 0.25) is 0 Å². The molecule has 1 saturated carbocycles. The van der Waals surface area contributed by atoms with Gasteiger partial charge in [-0.2, -0.15) is 0 Å². The molecular weight excluding hydrogens is 258 g/mol. The van der Waals surface area contributed by atoms with Crippen molar-refractivity contribution in [3.63, 3.8) is 0 Å². The highest BCUT2D eigenvalue weighted by atomic mass is 79.9. The van der Waals surface area contributed by atoms with Crippen molar-refractivity contribution in [3.8, 4) is 0 Å². The lowest BCUT2D eigenvalue weighted by Gasteiger charge is -2.32. The van der Waals surface area contributed by atoms with Crippen LogP contribution < -0.4 is 11.1 Å². The molecule has 0 spiro atoms.